The summed E-state index contributed by atoms with van der Waals surface area (Å²) in [4.78, 5) is 12.1. The zero-order valence-electron chi connectivity index (χ0n) is 12.1. The van der Waals surface area contributed by atoms with Crippen LogP contribution in [0.2, 0.25) is 0 Å². The third-order valence-electron chi connectivity index (χ3n) is 3.40. The lowest BCUT2D eigenvalue weighted by atomic mass is 9.81. The smallest absolute Gasteiger partial charge is 0.338 e. The van der Waals surface area contributed by atoms with Crippen LogP contribution in [0.15, 0.2) is 47.1 Å². The quantitative estimate of drug-likeness (QED) is 0.833. The minimum absolute atomic E-state index is 0.0775. The van der Waals surface area contributed by atoms with Gasteiger partial charge in [0.05, 0.1) is 30.2 Å². The molecule has 6 nitrogen and oxygen atoms in total. The molecule has 110 valence electrons. The molecule has 6 heteroatoms. The highest BCUT2D eigenvalue weighted by Gasteiger charge is 2.37. The molecule has 22 heavy (non-hydrogen) atoms. The maximum atomic E-state index is 12.1. The molecule has 2 N–H and O–H groups in total. The van der Waals surface area contributed by atoms with E-state index in [1.165, 1.54) is 7.11 Å². The Morgan fingerprint density at radius 1 is 1.32 bits per heavy atom. The van der Waals surface area contributed by atoms with E-state index >= 15 is 0 Å². The Morgan fingerprint density at radius 2 is 2.00 bits per heavy atom. The fourth-order valence-corrected chi connectivity index (χ4v) is 2.42. The first-order valence-electron chi connectivity index (χ1n) is 6.40. The molecule has 2 rings (SSSR count). The van der Waals surface area contributed by atoms with E-state index in [2.05, 4.69) is 6.07 Å². The van der Waals surface area contributed by atoms with Gasteiger partial charge < -0.3 is 15.2 Å². The van der Waals surface area contributed by atoms with Gasteiger partial charge in [-0.05, 0) is 18.6 Å². The van der Waals surface area contributed by atoms with Crippen molar-refractivity contribution in [3.63, 3.8) is 0 Å². The SMILES string of the molecule is COC(=O)C1=C(C)OC(N)=C(C#N)C1c1ccccc1C#N. The van der Waals surface area contributed by atoms with Gasteiger partial charge in [-0.1, -0.05) is 18.2 Å². The van der Waals surface area contributed by atoms with Crippen LogP contribution >= 0.6 is 0 Å². The lowest BCUT2D eigenvalue weighted by molar-refractivity contribution is -0.136. The average molecular weight is 295 g/mol. The van der Waals surface area contributed by atoms with Crippen LogP contribution < -0.4 is 5.73 Å². The number of nitrogens with two attached hydrogens (primary N) is 1. The van der Waals surface area contributed by atoms with E-state index < -0.39 is 11.9 Å². The van der Waals surface area contributed by atoms with Crippen LogP contribution in [0.1, 0.15) is 24.0 Å². The number of esters is 1. The number of hydrogen-bond acceptors (Lipinski definition) is 6. The molecule has 0 spiro atoms. The number of hydrogen-bond donors (Lipinski definition) is 1. The van der Waals surface area contributed by atoms with Crippen LogP contribution in [0.3, 0.4) is 0 Å². The molecule has 0 saturated carbocycles. The van der Waals surface area contributed by atoms with Crippen molar-refractivity contribution >= 4 is 5.97 Å². The molecule has 0 aromatic heterocycles. The van der Waals surface area contributed by atoms with Crippen molar-refractivity contribution in [1.29, 1.82) is 10.5 Å². The molecule has 1 unspecified atom stereocenters. The highest BCUT2D eigenvalue weighted by Crippen LogP contribution is 2.40. The van der Waals surface area contributed by atoms with Gasteiger partial charge in [0.15, 0.2) is 0 Å². The molecule has 0 saturated heterocycles. The number of nitrogens with zero attached hydrogens (tertiary/aromatic N) is 2. The summed E-state index contributed by atoms with van der Waals surface area (Å²) in [6.45, 7) is 1.56. The van der Waals surface area contributed by atoms with Crippen LogP contribution in [0.5, 0.6) is 0 Å². The van der Waals surface area contributed by atoms with E-state index in [-0.39, 0.29) is 22.8 Å². The number of methoxy groups -OCH3 is 1. The van der Waals surface area contributed by atoms with Gasteiger partial charge in [0.1, 0.15) is 17.4 Å². The normalized spacial score (nSPS) is 17.4. The van der Waals surface area contributed by atoms with Crippen molar-refractivity contribution in [3.8, 4) is 12.1 Å². The highest BCUT2D eigenvalue weighted by molar-refractivity contribution is 5.92. The van der Waals surface area contributed by atoms with Gasteiger partial charge in [-0.2, -0.15) is 10.5 Å². The number of rotatable bonds is 2. The molecule has 0 bridgehead atoms. The molecule has 1 aromatic rings. The third kappa shape index (κ3) is 2.38. The summed E-state index contributed by atoms with van der Waals surface area (Å²) >= 11 is 0. The molecule has 0 fully saturated rings. The van der Waals surface area contributed by atoms with E-state index in [0.717, 1.165) is 0 Å². The fraction of sp³-hybridized carbons (Fsp3) is 0.188. The minimum Gasteiger partial charge on any atom is -0.466 e. The summed E-state index contributed by atoms with van der Waals surface area (Å²) < 4.78 is 10.1. The van der Waals surface area contributed by atoms with Crippen LogP contribution in [-0.2, 0) is 14.3 Å². The van der Waals surface area contributed by atoms with Crippen molar-refractivity contribution in [2.45, 2.75) is 12.8 Å². The standard InChI is InChI=1S/C16H13N3O3/c1-9-13(16(20)21-2)14(12(8-18)15(19)22-9)11-6-4-3-5-10(11)7-17/h3-6,14H,19H2,1-2H3. The molecule has 1 heterocycles. The Kier molecular flexibility index (Phi) is 4.15. The first kappa shape index (κ1) is 15.1. The van der Waals surface area contributed by atoms with Crippen molar-refractivity contribution in [2.24, 2.45) is 5.73 Å². The van der Waals surface area contributed by atoms with Crippen LogP contribution in [0.25, 0.3) is 0 Å². The first-order valence-corrected chi connectivity index (χ1v) is 6.40. The molecule has 0 aliphatic carbocycles. The number of benzene rings is 1. The second-order valence-electron chi connectivity index (χ2n) is 4.59. The van der Waals surface area contributed by atoms with Crippen molar-refractivity contribution in [2.75, 3.05) is 7.11 Å². The summed E-state index contributed by atoms with van der Waals surface area (Å²) in [6.07, 6.45) is 0. The molecular weight excluding hydrogens is 282 g/mol. The van der Waals surface area contributed by atoms with Crippen LogP contribution in [-0.4, -0.2) is 13.1 Å². The molecular formula is C16H13N3O3. The second-order valence-corrected chi connectivity index (χ2v) is 4.59. The summed E-state index contributed by atoms with van der Waals surface area (Å²) in [7, 11) is 1.24. The Bertz CT molecular complexity index is 779. The number of carbonyl (C=O) groups is 1. The minimum atomic E-state index is -0.790. The van der Waals surface area contributed by atoms with Gasteiger partial charge >= 0.3 is 5.97 Å². The zero-order valence-corrected chi connectivity index (χ0v) is 12.1. The predicted molar refractivity (Wildman–Crippen MR) is 76.5 cm³/mol. The monoisotopic (exact) mass is 295 g/mol. The van der Waals surface area contributed by atoms with Crippen LogP contribution in [0.4, 0.5) is 0 Å². The molecule has 1 aliphatic heterocycles. The molecule has 1 aliphatic rings. The van der Waals surface area contributed by atoms with Gasteiger partial charge in [-0.25, -0.2) is 4.79 Å². The summed E-state index contributed by atoms with van der Waals surface area (Å²) in [5.41, 5.74) is 6.87. The van der Waals surface area contributed by atoms with E-state index in [9.17, 15) is 15.3 Å². The molecule has 0 radical (unpaired) electrons. The fourth-order valence-electron chi connectivity index (χ4n) is 2.42. The molecule has 1 atom stereocenters. The maximum absolute atomic E-state index is 12.1. The zero-order chi connectivity index (χ0) is 16.3. The van der Waals surface area contributed by atoms with Crippen molar-refractivity contribution in [3.05, 3.63) is 58.2 Å². The summed E-state index contributed by atoms with van der Waals surface area (Å²) in [5.74, 6) is -1.25. The largest absolute Gasteiger partial charge is 0.466 e. The number of allylic oxidation sites excluding steroid dienone is 2. The number of ether oxygens (including phenoxy) is 2. The van der Waals surface area contributed by atoms with Crippen molar-refractivity contribution < 1.29 is 14.3 Å². The summed E-state index contributed by atoms with van der Waals surface area (Å²) in [6, 6.07) is 10.7. The Labute approximate surface area is 127 Å². The van der Waals surface area contributed by atoms with E-state index in [1.807, 2.05) is 6.07 Å². The van der Waals surface area contributed by atoms with Gasteiger partial charge in [0, 0.05) is 0 Å². The maximum Gasteiger partial charge on any atom is 0.338 e. The molecule has 1 aromatic carbocycles. The van der Waals surface area contributed by atoms with E-state index in [4.69, 9.17) is 15.2 Å². The van der Waals surface area contributed by atoms with E-state index in [1.54, 1.807) is 31.2 Å². The predicted octanol–water partition coefficient (Wildman–Crippen LogP) is 1.81. The van der Waals surface area contributed by atoms with Gasteiger partial charge in [0.2, 0.25) is 5.88 Å². The Hall–Kier alpha value is -3.25. The number of nitriles is 2. The lowest BCUT2D eigenvalue weighted by Crippen LogP contribution is -2.25. The lowest BCUT2D eigenvalue weighted by Gasteiger charge is -2.27. The van der Waals surface area contributed by atoms with Gasteiger partial charge in [-0.15, -0.1) is 0 Å². The van der Waals surface area contributed by atoms with Crippen molar-refractivity contribution in [1.82, 2.24) is 0 Å². The number of carbonyl (C=O) groups excluding carboxylic acids is 1. The Morgan fingerprint density at radius 3 is 2.59 bits per heavy atom. The topological polar surface area (TPSA) is 109 Å². The summed E-state index contributed by atoms with van der Waals surface area (Å²) in [5, 5.41) is 18.7. The second kappa shape index (κ2) is 6.02. The molecule has 0 amide bonds. The van der Waals surface area contributed by atoms with Gasteiger partial charge in [-0.3, -0.25) is 0 Å². The highest BCUT2D eigenvalue weighted by atomic mass is 16.5. The Balaban J connectivity index is 2.75. The van der Waals surface area contributed by atoms with Gasteiger partial charge in [0.25, 0.3) is 0 Å². The van der Waals surface area contributed by atoms with Crippen LogP contribution in [0, 0.1) is 22.7 Å². The first-order chi connectivity index (χ1) is 10.5. The average Bonchev–Trinajstić information content (AvgIpc) is 2.53. The third-order valence-corrected chi connectivity index (χ3v) is 3.40. The van der Waals surface area contributed by atoms with E-state index in [0.29, 0.717) is 11.1 Å².